The molecule has 2 heterocycles. The van der Waals surface area contributed by atoms with Crippen LogP contribution in [0.5, 0.6) is 11.5 Å². The van der Waals surface area contributed by atoms with E-state index in [2.05, 4.69) is 9.98 Å². The first-order chi connectivity index (χ1) is 12.6. The maximum atomic E-state index is 12.7. The molecular formula is C19H19N3O3S. The zero-order chi connectivity index (χ0) is 18.5. The van der Waals surface area contributed by atoms with Crippen LogP contribution < -0.4 is 4.74 Å². The number of hydrogen-bond donors (Lipinski definition) is 1. The third kappa shape index (κ3) is 3.88. The van der Waals surface area contributed by atoms with E-state index in [0.29, 0.717) is 34.8 Å². The van der Waals surface area contributed by atoms with Crippen LogP contribution >= 0.6 is 11.8 Å². The molecule has 7 heteroatoms. The minimum atomic E-state index is -0.0989. The number of aromatic nitrogens is 1. The number of aromatic hydroxyl groups is 1. The number of ether oxygens (including phenoxy) is 1. The molecular weight excluding hydrogens is 350 g/mol. The van der Waals surface area contributed by atoms with Crippen molar-refractivity contribution in [1.29, 1.82) is 0 Å². The van der Waals surface area contributed by atoms with Gasteiger partial charge in [-0.3, -0.25) is 9.69 Å². The quantitative estimate of drug-likeness (QED) is 0.811. The van der Waals surface area contributed by atoms with Crippen LogP contribution in [0.25, 0.3) is 6.08 Å². The fraction of sp³-hybridized carbons (Fsp3) is 0.211. The monoisotopic (exact) mass is 369 g/mol. The predicted octanol–water partition coefficient (Wildman–Crippen LogP) is 3.81. The first kappa shape index (κ1) is 18.0. The van der Waals surface area contributed by atoms with Crippen molar-refractivity contribution in [2.75, 3.05) is 13.2 Å². The Labute approximate surface area is 156 Å². The topological polar surface area (TPSA) is 75.0 Å². The Hall–Kier alpha value is -2.80. The van der Waals surface area contributed by atoms with Gasteiger partial charge in [-0.2, -0.15) is 0 Å². The van der Waals surface area contributed by atoms with E-state index in [1.807, 2.05) is 26.0 Å². The number of phenols is 1. The van der Waals surface area contributed by atoms with Crippen LogP contribution in [0.3, 0.4) is 0 Å². The number of pyridine rings is 1. The van der Waals surface area contributed by atoms with Crippen LogP contribution in [0.15, 0.2) is 52.5 Å². The molecule has 1 aliphatic rings. The summed E-state index contributed by atoms with van der Waals surface area (Å²) < 4.78 is 5.40. The molecule has 0 aliphatic carbocycles. The van der Waals surface area contributed by atoms with Gasteiger partial charge in [0.25, 0.3) is 5.91 Å². The first-order valence-electron chi connectivity index (χ1n) is 8.29. The normalized spacial score (nSPS) is 17.3. The molecule has 0 saturated carbocycles. The Morgan fingerprint density at radius 2 is 2.15 bits per heavy atom. The zero-order valence-corrected chi connectivity index (χ0v) is 15.4. The number of thioether (sulfide) groups is 1. The number of rotatable bonds is 5. The van der Waals surface area contributed by atoms with Crippen molar-refractivity contribution in [1.82, 2.24) is 9.88 Å². The number of benzene rings is 1. The second-order valence-electron chi connectivity index (χ2n) is 5.40. The standard InChI is InChI=1S/C19H19N3O3S/c1-3-22-18(24)16(26-19(22)21-17-7-5-6-10-20-17)12-13-8-9-14(23)15(11-13)25-4-2/h5-12,23H,3-4H2,1-2H3/b16-12-,21-19+. The number of amidine groups is 1. The maximum Gasteiger partial charge on any atom is 0.266 e. The van der Waals surface area contributed by atoms with E-state index in [1.165, 1.54) is 11.8 Å². The first-order valence-corrected chi connectivity index (χ1v) is 9.11. The zero-order valence-electron chi connectivity index (χ0n) is 14.5. The third-order valence-corrected chi connectivity index (χ3v) is 4.65. The molecule has 0 unspecified atom stereocenters. The number of carbonyl (C=O) groups excluding carboxylic acids is 1. The summed E-state index contributed by atoms with van der Waals surface area (Å²) >= 11 is 1.31. The van der Waals surface area contributed by atoms with E-state index in [4.69, 9.17) is 4.74 Å². The number of aliphatic imine (C=N–C) groups is 1. The molecule has 1 amide bonds. The number of phenolic OH excluding ortho intramolecular Hbond substituents is 1. The number of hydrogen-bond acceptors (Lipinski definition) is 6. The van der Waals surface area contributed by atoms with Crippen molar-refractivity contribution < 1.29 is 14.6 Å². The van der Waals surface area contributed by atoms with Crippen molar-refractivity contribution in [3.63, 3.8) is 0 Å². The van der Waals surface area contributed by atoms with Gasteiger partial charge in [0.1, 0.15) is 0 Å². The van der Waals surface area contributed by atoms with Crippen molar-refractivity contribution >= 4 is 34.7 Å². The largest absolute Gasteiger partial charge is 0.504 e. The molecule has 2 aromatic rings. The van der Waals surface area contributed by atoms with Gasteiger partial charge < -0.3 is 9.84 Å². The van der Waals surface area contributed by atoms with Crippen molar-refractivity contribution in [2.45, 2.75) is 13.8 Å². The number of nitrogens with zero attached hydrogens (tertiary/aromatic N) is 3. The third-order valence-electron chi connectivity index (χ3n) is 3.65. The van der Waals surface area contributed by atoms with Crippen molar-refractivity contribution in [3.8, 4) is 11.5 Å². The molecule has 0 radical (unpaired) electrons. The minimum absolute atomic E-state index is 0.0759. The SMILES string of the molecule is CCOc1cc(/C=C2\S/C(=N/c3ccccn3)N(CC)C2=O)ccc1O. The van der Waals surface area contributed by atoms with Gasteiger partial charge in [-0.25, -0.2) is 9.98 Å². The lowest BCUT2D eigenvalue weighted by Gasteiger charge is -2.11. The molecule has 26 heavy (non-hydrogen) atoms. The molecule has 1 aliphatic heterocycles. The summed E-state index contributed by atoms with van der Waals surface area (Å²) in [5.41, 5.74) is 0.775. The Bertz CT molecular complexity index is 866. The van der Waals surface area contributed by atoms with Crippen LogP contribution in [0.4, 0.5) is 5.82 Å². The number of amides is 1. The number of carbonyl (C=O) groups is 1. The molecule has 134 valence electrons. The average Bonchev–Trinajstić information content (AvgIpc) is 2.93. The highest BCUT2D eigenvalue weighted by atomic mass is 32.2. The Kier molecular flexibility index (Phi) is 5.58. The van der Waals surface area contributed by atoms with E-state index < -0.39 is 0 Å². The van der Waals surface area contributed by atoms with E-state index in [1.54, 1.807) is 41.4 Å². The highest BCUT2D eigenvalue weighted by Crippen LogP contribution is 2.35. The second kappa shape index (κ2) is 8.05. The lowest BCUT2D eigenvalue weighted by atomic mass is 10.2. The number of likely N-dealkylation sites (N-methyl/N-ethyl adjacent to an activating group) is 1. The Morgan fingerprint density at radius 1 is 1.31 bits per heavy atom. The van der Waals surface area contributed by atoms with E-state index in [9.17, 15) is 9.90 Å². The van der Waals surface area contributed by atoms with Gasteiger partial charge in [0, 0.05) is 12.7 Å². The highest BCUT2D eigenvalue weighted by molar-refractivity contribution is 8.18. The predicted molar refractivity (Wildman–Crippen MR) is 104 cm³/mol. The summed E-state index contributed by atoms with van der Waals surface area (Å²) in [7, 11) is 0. The van der Waals surface area contributed by atoms with Crippen molar-refractivity contribution in [2.24, 2.45) is 4.99 Å². The molecule has 1 aromatic carbocycles. The van der Waals surface area contributed by atoms with Crippen LogP contribution in [-0.4, -0.2) is 39.2 Å². The summed E-state index contributed by atoms with van der Waals surface area (Å²) in [5.74, 6) is 0.933. The second-order valence-corrected chi connectivity index (χ2v) is 6.41. The van der Waals surface area contributed by atoms with E-state index in [-0.39, 0.29) is 11.7 Å². The van der Waals surface area contributed by atoms with Gasteiger partial charge in [0.15, 0.2) is 22.5 Å². The van der Waals surface area contributed by atoms with Gasteiger partial charge in [-0.1, -0.05) is 12.1 Å². The van der Waals surface area contributed by atoms with Crippen LogP contribution in [0, 0.1) is 0 Å². The molecule has 0 spiro atoms. The molecule has 6 nitrogen and oxygen atoms in total. The summed E-state index contributed by atoms with van der Waals surface area (Å²) in [6.45, 7) is 4.73. The van der Waals surface area contributed by atoms with Gasteiger partial charge in [0.2, 0.25) is 0 Å². The summed E-state index contributed by atoms with van der Waals surface area (Å²) in [6, 6.07) is 10.5. The molecule has 0 atom stereocenters. The lowest BCUT2D eigenvalue weighted by molar-refractivity contribution is -0.122. The van der Waals surface area contributed by atoms with E-state index >= 15 is 0 Å². The van der Waals surface area contributed by atoms with Crippen molar-refractivity contribution in [3.05, 3.63) is 53.1 Å². The van der Waals surface area contributed by atoms with Crippen LogP contribution in [0.1, 0.15) is 19.4 Å². The average molecular weight is 369 g/mol. The van der Waals surface area contributed by atoms with Crippen LogP contribution in [0.2, 0.25) is 0 Å². The van der Waals surface area contributed by atoms with Gasteiger partial charge >= 0.3 is 0 Å². The fourth-order valence-corrected chi connectivity index (χ4v) is 3.48. The van der Waals surface area contributed by atoms with Gasteiger partial charge in [-0.05, 0) is 61.5 Å². The highest BCUT2D eigenvalue weighted by Gasteiger charge is 2.32. The van der Waals surface area contributed by atoms with Gasteiger partial charge in [0.05, 0.1) is 11.5 Å². The maximum absolute atomic E-state index is 12.7. The van der Waals surface area contributed by atoms with E-state index in [0.717, 1.165) is 5.56 Å². The molecule has 1 N–H and O–H groups in total. The molecule has 0 bridgehead atoms. The Morgan fingerprint density at radius 3 is 2.85 bits per heavy atom. The fourth-order valence-electron chi connectivity index (χ4n) is 2.43. The molecule has 1 aromatic heterocycles. The summed E-state index contributed by atoms with van der Waals surface area (Å²) in [5, 5.41) is 10.4. The molecule has 1 fully saturated rings. The van der Waals surface area contributed by atoms with Gasteiger partial charge in [-0.15, -0.1) is 0 Å². The lowest BCUT2D eigenvalue weighted by Crippen LogP contribution is -2.28. The summed E-state index contributed by atoms with van der Waals surface area (Å²) in [6.07, 6.45) is 3.44. The molecule has 1 saturated heterocycles. The minimum Gasteiger partial charge on any atom is -0.504 e. The van der Waals surface area contributed by atoms with Crippen LogP contribution in [-0.2, 0) is 4.79 Å². The smallest absolute Gasteiger partial charge is 0.266 e. The Balaban J connectivity index is 1.91. The molecule has 3 rings (SSSR count). The summed E-state index contributed by atoms with van der Waals surface area (Å²) in [4.78, 5) is 23.5.